The lowest BCUT2D eigenvalue weighted by molar-refractivity contribution is -0.181. The highest BCUT2D eigenvalue weighted by molar-refractivity contribution is 7.16. The van der Waals surface area contributed by atoms with E-state index in [0.717, 1.165) is 69.9 Å². The number of nitrogens with one attached hydrogen (secondary N) is 3. The van der Waals surface area contributed by atoms with Gasteiger partial charge in [0, 0.05) is 44.8 Å². The van der Waals surface area contributed by atoms with Gasteiger partial charge in [0.05, 0.1) is 22.0 Å². The number of morpholine rings is 1. The SMILES string of the molecule is CC1(C)CNCC2(CCN(Cc3cccc(CCNC[C@H](O)c4ccc(O)c5[nH]c(=O)sc45)c3)CC2)O1. The van der Waals surface area contributed by atoms with Gasteiger partial charge in [0.2, 0.25) is 0 Å². The Morgan fingerprint density at radius 3 is 2.73 bits per heavy atom. The standard InChI is InChI=1S/C28H38N4O4S/c1-27(2)17-30-18-28(36-27)9-12-32(13-10-28)16-20-5-3-4-19(14-20)8-11-29-15-23(34)21-6-7-22(33)24-25(21)37-26(35)31-24/h3-7,14,23,29-30,33-34H,8-13,15-18H2,1-2H3,(H,31,35)/t23-/m0/s1. The Bertz CT molecular complexity index is 1280. The number of H-pyrrole nitrogens is 1. The van der Waals surface area contributed by atoms with E-state index in [2.05, 4.69) is 58.6 Å². The first-order chi connectivity index (χ1) is 17.7. The van der Waals surface area contributed by atoms with Crippen molar-refractivity contribution in [1.82, 2.24) is 20.5 Å². The fourth-order valence-corrected chi connectivity index (χ4v) is 6.59. The Morgan fingerprint density at radius 2 is 1.95 bits per heavy atom. The number of hydrogen-bond donors (Lipinski definition) is 5. The van der Waals surface area contributed by atoms with Crippen molar-refractivity contribution < 1.29 is 14.9 Å². The zero-order valence-corrected chi connectivity index (χ0v) is 22.5. The fraction of sp³-hybridized carbons (Fsp3) is 0.536. The molecule has 9 heteroatoms. The Labute approximate surface area is 221 Å². The number of nitrogens with zero attached hydrogens (tertiary/aromatic N) is 1. The average Bonchev–Trinajstić information content (AvgIpc) is 3.25. The molecule has 200 valence electrons. The molecule has 2 saturated heterocycles. The van der Waals surface area contributed by atoms with E-state index in [1.165, 1.54) is 17.2 Å². The lowest BCUT2D eigenvalue weighted by atomic mass is 9.87. The van der Waals surface area contributed by atoms with Crippen molar-refractivity contribution in [2.75, 3.05) is 39.3 Å². The fourth-order valence-electron chi connectivity index (χ4n) is 5.67. The van der Waals surface area contributed by atoms with Crippen molar-refractivity contribution in [1.29, 1.82) is 0 Å². The molecule has 2 aliphatic heterocycles. The van der Waals surface area contributed by atoms with Crippen LogP contribution in [0.4, 0.5) is 0 Å². The van der Waals surface area contributed by atoms with Crippen molar-refractivity contribution in [2.45, 2.75) is 57.0 Å². The zero-order valence-electron chi connectivity index (χ0n) is 21.7. The number of benzene rings is 2. The third-order valence-electron chi connectivity index (χ3n) is 7.53. The van der Waals surface area contributed by atoms with Crippen LogP contribution in [0.15, 0.2) is 41.2 Å². The molecule has 0 amide bonds. The molecule has 1 aromatic heterocycles. The van der Waals surface area contributed by atoms with Crippen molar-refractivity contribution in [3.63, 3.8) is 0 Å². The molecule has 0 radical (unpaired) electrons. The predicted octanol–water partition coefficient (Wildman–Crippen LogP) is 2.89. The number of aliphatic hydroxyl groups is 1. The zero-order chi connectivity index (χ0) is 26.0. The molecule has 2 aliphatic rings. The van der Waals surface area contributed by atoms with Crippen molar-refractivity contribution >= 4 is 21.6 Å². The summed E-state index contributed by atoms with van der Waals surface area (Å²) in [5, 5.41) is 27.6. The van der Waals surface area contributed by atoms with Gasteiger partial charge in [-0.2, -0.15) is 0 Å². The number of aromatic nitrogens is 1. The molecule has 2 aromatic carbocycles. The van der Waals surface area contributed by atoms with Crippen molar-refractivity contribution in [2.24, 2.45) is 0 Å². The number of hydrogen-bond acceptors (Lipinski definition) is 8. The Morgan fingerprint density at radius 1 is 1.16 bits per heavy atom. The van der Waals surface area contributed by atoms with Crippen LogP contribution in [0.25, 0.3) is 10.2 Å². The molecule has 0 saturated carbocycles. The van der Waals surface area contributed by atoms with Gasteiger partial charge in [0.25, 0.3) is 0 Å². The summed E-state index contributed by atoms with van der Waals surface area (Å²) in [6.45, 7) is 10.3. The smallest absolute Gasteiger partial charge is 0.305 e. The molecular formula is C28H38N4O4S. The van der Waals surface area contributed by atoms with Crippen LogP contribution in [0.1, 0.15) is 49.5 Å². The highest BCUT2D eigenvalue weighted by Crippen LogP contribution is 2.34. The van der Waals surface area contributed by atoms with Crippen molar-refractivity contribution in [3.05, 3.63) is 62.8 Å². The van der Waals surface area contributed by atoms with E-state index in [1.54, 1.807) is 6.07 Å². The Hall–Kier alpha value is -2.27. The molecule has 0 bridgehead atoms. The quantitative estimate of drug-likeness (QED) is 0.287. The van der Waals surface area contributed by atoms with E-state index in [0.29, 0.717) is 22.3 Å². The number of thiazole rings is 1. The molecule has 2 fully saturated rings. The van der Waals surface area contributed by atoms with Crippen LogP contribution in [0, 0.1) is 0 Å². The minimum atomic E-state index is -0.766. The van der Waals surface area contributed by atoms with Gasteiger partial charge >= 0.3 is 4.87 Å². The maximum absolute atomic E-state index is 11.7. The summed E-state index contributed by atoms with van der Waals surface area (Å²) in [7, 11) is 0. The minimum Gasteiger partial charge on any atom is -0.506 e. The average molecular weight is 527 g/mol. The monoisotopic (exact) mass is 526 g/mol. The summed E-state index contributed by atoms with van der Waals surface area (Å²) in [5.74, 6) is 0.0180. The van der Waals surface area contributed by atoms with E-state index >= 15 is 0 Å². The van der Waals surface area contributed by atoms with E-state index in [9.17, 15) is 15.0 Å². The molecular weight excluding hydrogens is 488 g/mol. The number of aromatic hydroxyl groups is 1. The van der Waals surface area contributed by atoms with Gasteiger partial charge in [-0.1, -0.05) is 41.7 Å². The van der Waals surface area contributed by atoms with Crippen LogP contribution >= 0.6 is 11.3 Å². The van der Waals surface area contributed by atoms with Crippen molar-refractivity contribution in [3.8, 4) is 5.75 Å². The largest absolute Gasteiger partial charge is 0.506 e. The van der Waals surface area contributed by atoms with Crippen LogP contribution in [-0.2, 0) is 17.7 Å². The van der Waals surface area contributed by atoms with Gasteiger partial charge in [-0.3, -0.25) is 9.69 Å². The first-order valence-electron chi connectivity index (χ1n) is 13.2. The molecule has 5 rings (SSSR count). The second-order valence-electron chi connectivity index (χ2n) is 11.1. The summed E-state index contributed by atoms with van der Waals surface area (Å²) in [5.41, 5.74) is 3.50. The summed E-state index contributed by atoms with van der Waals surface area (Å²) in [6, 6.07) is 11.9. The first kappa shape index (κ1) is 26.3. The predicted molar refractivity (Wildman–Crippen MR) is 147 cm³/mol. The van der Waals surface area contributed by atoms with Gasteiger partial charge in [-0.05, 0) is 56.8 Å². The number of piperidine rings is 1. The molecule has 37 heavy (non-hydrogen) atoms. The Kier molecular flexibility index (Phi) is 7.72. The number of aliphatic hydroxyl groups excluding tert-OH is 1. The van der Waals surface area contributed by atoms with Gasteiger partial charge in [0.15, 0.2) is 0 Å². The van der Waals surface area contributed by atoms with E-state index in [4.69, 9.17) is 4.74 Å². The lowest BCUT2D eigenvalue weighted by Gasteiger charge is -2.49. The van der Waals surface area contributed by atoms with Gasteiger partial charge in [-0.15, -0.1) is 0 Å². The van der Waals surface area contributed by atoms with E-state index in [-0.39, 0.29) is 21.8 Å². The molecule has 5 N–H and O–H groups in total. The normalized spacial score (nSPS) is 20.4. The van der Waals surface area contributed by atoms with Crippen LogP contribution in [0.3, 0.4) is 0 Å². The summed E-state index contributed by atoms with van der Waals surface area (Å²) in [6.07, 6.45) is 2.21. The summed E-state index contributed by atoms with van der Waals surface area (Å²) < 4.78 is 7.11. The first-order valence-corrected chi connectivity index (χ1v) is 14.0. The van der Waals surface area contributed by atoms with E-state index < -0.39 is 6.10 Å². The number of ether oxygens (including phenoxy) is 1. The molecule has 0 unspecified atom stereocenters. The molecule has 0 aliphatic carbocycles. The third kappa shape index (κ3) is 6.25. The third-order valence-corrected chi connectivity index (χ3v) is 8.46. The molecule has 8 nitrogen and oxygen atoms in total. The maximum Gasteiger partial charge on any atom is 0.305 e. The highest BCUT2D eigenvalue weighted by Gasteiger charge is 2.42. The molecule has 3 aromatic rings. The van der Waals surface area contributed by atoms with Crippen LogP contribution in [-0.4, -0.2) is 70.6 Å². The highest BCUT2D eigenvalue weighted by atomic mass is 32.1. The number of aromatic amines is 1. The number of likely N-dealkylation sites (tertiary alicyclic amines) is 1. The molecule has 1 spiro atoms. The topological polar surface area (TPSA) is 110 Å². The molecule has 1 atom stereocenters. The van der Waals surface area contributed by atoms with Crippen LogP contribution in [0.2, 0.25) is 0 Å². The summed E-state index contributed by atoms with van der Waals surface area (Å²) in [4.78, 5) is 16.6. The maximum atomic E-state index is 11.7. The van der Waals surface area contributed by atoms with Gasteiger partial charge in [-0.25, -0.2) is 0 Å². The number of phenols is 1. The van der Waals surface area contributed by atoms with E-state index in [1.807, 2.05) is 0 Å². The number of phenolic OH excluding ortho intramolecular Hbond substituents is 1. The lowest BCUT2D eigenvalue weighted by Crippen LogP contribution is -2.61. The van der Waals surface area contributed by atoms with Gasteiger partial charge in [0.1, 0.15) is 11.3 Å². The van der Waals surface area contributed by atoms with Crippen LogP contribution < -0.4 is 15.5 Å². The number of fused-ring (bicyclic) bond motifs is 1. The Balaban J connectivity index is 1.09. The van der Waals surface area contributed by atoms with Crippen LogP contribution in [0.5, 0.6) is 5.75 Å². The minimum absolute atomic E-state index is 0.0180. The second-order valence-corrected chi connectivity index (χ2v) is 12.1. The second kappa shape index (κ2) is 10.8. The molecule has 3 heterocycles. The number of rotatable bonds is 8. The summed E-state index contributed by atoms with van der Waals surface area (Å²) >= 11 is 1.01. The van der Waals surface area contributed by atoms with Gasteiger partial charge < -0.3 is 30.6 Å².